The van der Waals surface area contributed by atoms with Crippen molar-refractivity contribution in [3.8, 4) is 0 Å². The molecule has 0 aromatic heterocycles. The first-order valence-electron chi connectivity index (χ1n) is 3.20. The van der Waals surface area contributed by atoms with Gasteiger partial charge in [-0.3, -0.25) is 0 Å². The second-order valence-corrected chi connectivity index (χ2v) is 3.75. The fraction of sp³-hybridized carbons (Fsp3) is 1.00. The topological polar surface area (TPSA) is 9.23 Å². The van der Waals surface area contributed by atoms with Crippen LogP contribution in [0.5, 0.6) is 0 Å². The first-order chi connectivity index (χ1) is 3.91. The molecule has 0 heterocycles. The predicted octanol–water partition coefficient (Wildman–Crippen LogP) is 1.86. The number of unbranched alkanes of at least 4 members (excludes halogenated alkanes) is 2. The van der Waals surface area contributed by atoms with Crippen LogP contribution in [0.1, 0.15) is 26.2 Å². The fourth-order valence-corrected chi connectivity index (χ4v) is 1.52. The number of hydrogen-bond acceptors (Lipinski definition) is 1. The molecule has 0 aliphatic carbocycles. The third kappa shape index (κ3) is 6.76. The molecule has 0 aliphatic heterocycles. The van der Waals surface area contributed by atoms with Crippen LogP contribution in [0.25, 0.3) is 0 Å². The Morgan fingerprint density at radius 2 is 2.12 bits per heavy atom. The van der Waals surface area contributed by atoms with Crippen molar-refractivity contribution in [3.63, 3.8) is 0 Å². The fourth-order valence-electron chi connectivity index (χ4n) is 0.526. The Kier molecular flexibility index (Phi) is 8.49. The van der Waals surface area contributed by atoms with Gasteiger partial charge >= 0.3 is 62.4 Å². The summed E-state index contributed by atoms with van der Waals surface area (Å²) in [6.45, 7) is 3.24. The first-order valence-corrected chi connectivity index (χ1v) is 7.22. The van der Waals surface area contributed by atoms with Crippen molar-refractivity contribution in [1.29, 1.82) is 0 Å². The maximum atomic E-state index is 5.31. The van der Waals surface area contributed by atoms with Crippen LogP contribution >= 0.6 is 0 Å². The van der Waals surface area contributed by atoms with Crippen LogP contribution in [0, 0.1) is 0 Å². The average molecular weight is 221 g/mol. The minimum atomic E-state index is -0.333. The molecule has 0 aromatic rings. The van der Waals surface area contributed by atoms with E-state index in [2.05, 4.69) is 11.9 Å². The summed E-state index contributed by atoms with van der Waals surface area (Å²) in [5.41, 5.74) is 0. The number of rotatable bonds is 5. The standard InChI is InChI=1S/C5H11O.CH3.Sn/c1-2-3-4-5-6;;/h2-5H2,1H3;1H3;/q-1;;+1. The van der Waals surface area contributed by atoms with Crippen molar-refractivity contribution in [2.75, 3.05) is 6.61 Å². The molecule has 0 atom stereocenters. The first kappa shape index (κ1) is 8.76. The van der Waals surface area contributed by atoms with Crippen molar-refractivity contribution in [3.05, 3.63) is 0 Å². The Morgan fingerprint density at radius 1 is 1.38 bits per heavy atom. The van der Waals surface area contributed by atoms with Gasteiger partial charge in [0.25, 0.3) is 0 Å². The summed E-state index contributed by atoms with van der Waals surface area (Å²) in [5, 5.41) is 0. The minimum absolute atomic E-state index is 0.333. The van der Waals surface area contributed by atoms with Gasteiger partial charge < -0.3 is 0 Å². The van der Waals surface area contributed by atoms with Crippen molar-refractivity contribution >= 4 is 21.6 Å². The van der Waals surface area contributed by atoms with Gasteiger partial charge in [0, 0.05) is 0 Å². The van der Waals surface area contributed by atoms with Crippen LogP contribution in [0.4, 0.5) is 0 Å². The Hall–Kier alpha value is 0.759. The van der Waals surface area contributed by atoms with E-state index >= 15 is 0 Å². The van der Waals surface area contributed by atoms with Gasteiger partial charge in [0.2, 0.25) is 0 Å². The summed E-state index contributed by atoms with van der Waals surface area (Å²) in [6.07, 6.45) is 3.91. The molecule has 0 bridgehead atoms. The van der Waals surface area contributed by atoms with E-state index in [0.717, 1.165) is 6.61 Å². The van der Waals surface area contributed by atoms with E-state index in [1.165, 1.54) is 19.3 Å². The van der Waals surface area contributed by atoms with E-state index in [1.54, 1.807) is 0 Å². The SMILES string of the molecule is CCCCC[O][Sn][CH3]. The van der Waals surface area contributed by atoms with E-state index in [0.29, 0.717) is 0 Å². The predicted molar refractivity (Wildman–Crippen MR) is 37.1 cm³/mol. The summed E-state index contributed by atoms with van der Waals surface area (Å²) in [6, 6.07) is 0. The Bertz CT molecular complexity index is 33.5. The third-order valence-corrected chi connectivity index (χ3v) is 2.40. The number of hydrogen-bond donors (Lipinski definition) is 0. The molecule has 2 heteroatoms. The van der Waals surface area contributed by atoms with Gasteiger partial charge in [0.15, 0.2) is 0 Å². The van der Waals surface area contributed by atoms with Crippen molar-refractivity contribution in [1.82, 2.24) is 0 Å². The summed E-state index contributed by atoms with van der Waals surface area (Å²) in [7, 11) is 0. The Labute approximate surface area is 62.6 Å². The van der Waals surface area contributed by atoms with Crippen LogP contribution in [-0.4, -0.2) is 28.2 Å². The quantitative estimate of drug-likeness (QED) is 0.508. The summed E-state index contributed by atoms with van der Waals surface area (Å²) in [4.78, 5) is 2.20. The van der Waals surface area contributed by atoms with Crippen LogP contribution in [-0.2, 0) is 3.07 Å². The molecular weight excluding hydrogens is 207 g/mol. The molecule has 48 valence electrons. The van der Waals surface area contributed by atoms with E-state index in [9.17, 15) is 0 Å². The molecule has 0 unspecified atom stereocenters. The van der Waals surface area contributed by atoms with Crippen molar-refractivity contribution in [2.24, 2.45) is 0 Å². The van der Waals surface area contributed by atoms with E-state index in [4.69, 9.17) is 3.07 Å². The molecule has 2 radical (unpaired) electrons. The van der Waals surface area contributed by atoms with Crippen molar-refractivity contribution in [2.45, 2.75) is 31.1 Å². The molecule has 0 saturated carbocycles. The van der Waals surface area contributed by atoms with Gasteiger partial charge in [0.1, 0.15) is 0 Å². The maximum absolute atomic E-state index is 5.31. The third-order valence-electron chi connectivity index (χ3n) is 0.994. The molecule has 8 heavy (non-hydrogen) atoms. The summed E-state index contributed by atoms with van der Waals surface area (Å²) >= 11 is -0.333. The second-order valence-electron chi connectivity index (χ2n) is 1.76. The monoisotopic (exact) mass is 222 g/mol. The molecule has 0 rings (SSSR count). The van der Waals surface area contributed by atoms with Gasteiger partial charge in [0.05, 0.1) is 0 Å². The molecule has 0 amide bonds. The zero-order chi connectivity index (χ0) is 6.24. The van der Waals surface area contributed by atoms with Gasteiger partial charge in [-0.25, -0.2) is 0 Å². The Balaban J connectivity index is 2.53. The van der Waals surface area contributed by atoms with Crippen LogP contribution in [0.2, 0.25) is 4.94 Å². The zero-order valence-corrected chi connectivity index (χ0v) is 8.59. The van der Waals surface area contributed by atoms with Gasteiger partial charge in [-0.1, -0.05) is 0 Å². The molecule has 0 spiro atoms. The molecule has 0 aromatic carbocycles. The summed E-state index contributed by atoms with van der Waals surface area (Å²) < 4.78 is 5.31. The molecular formula is C6H14OSn. The zero-order valence-electron chi connectivity index (χ0n) is 5.74. The second kappa shape index (κ2) is 7.76. The van der Waals surface area contributed by atoms with Gasteiger partial charge in [-0.05, 0) is 0 Å². The molecule has 0 fully saturated rings. The van der Waals surface area contributed by atoms with Crippen molar-refractivity contribution < 1.29 is 3.07 Å². The molecule has 0 N–H and O–H groups in total. The average Bonchev–Trinajstić information content (AvgIpc) is 1.81. The van der Waals surface area contributed by atoms with Gasteiger partial charge in [-0.15, -0.1) is 0 Å². The Morgan fingerprint density at radius 3 is 2.62 bits per heavy atom. The normalized spacial score (nSPS) is 9.75. The van der Waals surface area contributed by atoms with E-state index in [1.807, 2.05) is 0 Å². The van der Waals surface area contributed by atoms with E-state index in [-0.39, 0.29) is 21.6 Å². The summed E-state index contributed by atoms with van der Waals surface area (Å²) in [5.74, 6) is 0. The molecule has 1 nitrogen and oxygen atoms in total. The van der Waals surface area contributed by atoms with Gasteiger partial charge in [-0.2, -0.15) is 0 Å². The van der Waals surface area contributed by atoms with Crippen LogP contribution in [0.3, 0.4) is 0 Å². The molecule has 0 aliphatic rings. The molecule has 0 saturated heterocycles. The van der Waals surface area contributed by atoms with Crippen LogP contribution < -0.4 is 0 Å². The van der Waals surface area contributed by atoms with E-state index < -0.39 is 0 Å². The van der Waals surface area contributed by atoms with Crippen LogP contribution in [0.15, 0.2) is 0 Å².